The van der Waals surface area contributed by atoms with Crippen LogP contribution in [-0.4, -0.2) is 29.8 Å². The van der Waals surface area contributed by atoms with Crippen molar-refractivity contribution in [1.29, 1.82) is 0 Å². The van der Waals surface area contributed by atoms with E-state index in [0.29, 0.717) is 0 Å². The molecule has 0 spiro atoms. The number of rotatable bonds is 0. The molecule has 2 saturated heterocycles. The Balaban J connectivity index is 0.000000130. The monoisotopic (exact) mass is 197 g/mol. The third kappa shape index (κ3) is 2.87. The van der Waals surface area contributed by atoms with Gasteiger partial charge in [0.25, 0.3) is 0 Å². The minimum atomic E-state index is -5.08. The SMILES string of the molecule is C1NC2CC1C2.O=C(O)C(F)(F)F. The summed E-state index contributed by atoms with van der Waals surface area (Å²) in [5.74, 6) is -1.68. The lowest BCUT2D eigenvalue weighted by atomic mass is 9.87. The first-order valence-corrected chi connectivity index (χ1v) is 3.93. The lowest BCUT2D eigenvalue weighted by Crippen LogP contribution is -2.23. The fourth-order valence-electron chi connectivity index (χ4n) is 1.40. The van der Waals surface area contributed by atoms with E-state index in [9.17, 15) is 13.2 Å². The molecule has 0 aromatic heterocycles. The maximum Gasteiger partial charge on any atom is 0.490 e. The van der Waals surface area contributed by atoms with Crippen molar-refractivity contribution >= 4 is 5.97 Å². The molecule has 3 fully saturated rings. The Morgan fingerprint density at radius 1 is 1.38 bits per heavy atom. The molecular weight excluding hydrogens is 187 g/mol. The van der Waals surface area contributed by atoms with Crippen molar-refractivity contribution in [3.8, 4) is 0 Å². The first-order valence-electron chi connectivity index (χ1n) is 3.93. The van der Waals surface area contributed by atoms with Crippen LogP contribution in [0.2, 0.25) is 0 Å². The number of halogens is 3. The maximum absolute atomic E-state index is 10.6. The molecule has 1 aliphatic carbocycles. The van der Waals surface area contributed by atoms with E-state index in [-0.39, 0.29) is 0 Å². The van der Waals surface area contributed by atoms with E-state index in [2.05, 4.69) is 5.32 Å². The van der Waals surface area contributed by atoms with Crippen molar-refractivity contribution in [2.24, 2.45) is 5.92 Å². The standard InChI is InChI=1S/C5H9N.C2HF3O2/c1-4-2-5(1)6-3-4;3-2(4,5)1(6)7/h4-6H,1-3H2;(H,6,7). The zero-order chi connectivity index (χ0) is 10.1. The number of alkyl halides is 3. The van der Waals surface area contributed by atoms with E-state index in [0.717, 1.165) is 12.0 Å². The summed E-state index contributed by atoms with van der Waals surface area (Å²) in [7, 11) is 0. The second-order valence-electron chi connectivity index (χ2n) is 3.25. The summed E-state index contributed by atoms with van der Waals surface area (Å²) >= 11 is 0. The van der Waals surface area contributed by atoms with Gasteiger partial charge in [0.1, 0.15) is 0 Å². The quantitative estimate of drug-likeness (QED) is 0.609. The predicted octanol–water partition coefficient (Wildman–Crippen LogP) is 1.00. The molecule has 2 N–H and O–H groups in total. The smallest absolute Gasteiger partial charge is 0.475 e. The van der Waals surface area contributed by atoms with Gasteiger partial charge in [0.05, 0.1) is 0 Å². The van der Waals surface area contributed by atoms with Crippen LogP contribution in [-0.2, 0) is 4.79 Å². The van der Waals surface area contributed by atoms with Gasteiger partial charge in [0.15, 0.2) is 0 Å². The molecule has 6 heteroatoms. The van der Waals surface area contributed by atoms with E-state index < -0.39 is 12.1 Å². The van der Waals surface area contributed by atoms with Gasteiger partial charge in [-0.2, -0.15) is 13.2 Å². The molecule has 3 nitrogen and oxygen atoms in total. The van der Waals surface area contributed by atoms with E-state index in [1.165, 1.54) is 19.4 Å². The van der Waals surface area contributed by atoms with Crippen LogP contribution in [0.25, 0.3) is 0 Å². The predicted molar refractivity (Wildman–Crippen MR) is 38.2 cm³/mol. The molecule has 0 aromatic rings. The average molecular weight is 197 g/mol. The van der Waals surface area contributed by atoms with Gasteiger partial charge in [-0.1, -0.05) is 0 Å². The highest BCUT2D eigenvalue weighted by Gasteiger charge is 2.38. The molecule has 0 radical (unpaired) electrons. The van der Waals surface area contributed by atoms with Gasteiger partial charge in [0, 0.05) is 6.04 Å². The van der Waals surface area contributed by atoms with Crippen LogP contribution < -0.4 is 5.32 Å². The Morgan fingerprint density at radius 2 is 1.85 bits per heavy atom. The molecule has 3 aliphatic rings. The average Bonchev–Trinajstić information content (AvgIpc) is 2.41. The third-order valence-corrected chi connectivity index (χ3v) is 2.17. The van der Waals surface area contributed by atoms with Gasteiger partial charge in [-0.05, 0) is 25.3 Å². The number of nitrogens with one attached hydrogen (secondary N) is 1. The Morgan fingerprint density at radius 3 is 1.92 bits per heavy atom. The summed E-state index contributed by atoms with van der Waals surface area (Å²) in [6, 6.07) is 0.940. The maximum atomic E-state index is 10.6. The van der Waals surface area contributed by atoms with Gasteiger partial charge in [-0.15, -0.1) is 0 Å². The van der Waals surface area contributed by atoms with Crippen LogP contribution in [0.5, 0.6) is 0 Å². The zero-order valence-corrected chi connectivity index (χ0v) is 6.77. The number of fused-ring (bicyclic) bond motifs is 1. The van der Waals surface area contributed by atoms with E-state index in [1.54, 1.807) is 0 Å². The minimum absolute atomic E-state index is 0.940. The summed E-state index contributed by atoms with van der Waals surface area (Å²) in [6.45, 7) is 1.31. The molecule has 0 amide bonds. The molecule has 13 heavy (non-hydrogen) atoms. The van der Waals surface area contributed by atoms with Crippen molar-refractivity contribution in [3.05, 3.63) is 0 Å². The molecule has 0 atom stereocenters. The molecule has 2 bridgehead atoms. The number of hydrogen-bond donors (Lipinski definition) is 2. The summed E-state index contributed by atoms with van der Waals surface area (Å²) in [5, 5.41) is 10.5. The Kier molecular flexibility index (Phi) is 2.80. The summed E-state index contributed by atoms with van der Waals surface area (Å²) in [4.78, 5) is 8.90. The third-order valence-electron chi connectivity index (χ3n) is 2.17. The highest BCUT2D eigenvalue weighted by atomic mass is 19.4. The lowest BCUT2D eigenvalue weighted by Gasteiger charge is -2.19. The lowest BCUT2D eigenvalue weighted by molar-refractivity contribution is -0.192. The van der Waals surface area contributed by atoms with Crippen LogP contribution in [0.15, 0.2) is 0 Å². The van der Waals surface area contributed by atoms with Crippen molar-refractivity contribution < 1.29 is 23.1 Å². The van der Waals surface area contributed by atoms with Gasteiger partial charge < -0.3 is 10.4 Å². The van der Waals surface area contributed by atoms with Gasteiger partial charge in [0.2, 0.25) is 0 Å². The zero-order valence-electron chi connectivity index (χ0n) is 6.77. The normalized spacial score (nSPS) is 30.1. The first-order chi connectivity index (χ1) is 5.89. The number of hydrogen-bond acceptors (Lipinski definition) is 2. The molecule has 76 valence electrons. The van der Waals surface area contributed by atoms with E-state index in [4.69, 9.17) is 9.90 Å². The number of carboxylic acids is 1. The second kappa shape index (κ2) is 3.53. The van der Waals surface area contributed by atoms with Crippen LogP contribution >= 0.6 is 0 Å². The summed E-state index contributed by atoms with van der Waals surface area (Å²) < 4.78 is 31.7. The molecule has 0 aromatic carbocycles. The Labute approximate surface area is 72.9 Å². The topological polar surface area (TPSA) is 49.3 Å². The highest BCUT2D eigenvalue weighted by molar-refractivity contribution is 5.73. The largest absolute Gasteiger partial charge is 0.490 e. The summed E-state index contributed by atoms with van der Waals surface area (Å²) in [5.41, 5.74) is 0. The highest BCUT2D eigenvalue weighted by Crippen LogP contribution is 2.32. The second-order valence-corrected chi connectivity index (χ2v) is 3.25. The summed E-state index contributed by atoms with van der Waals surface area (Å²) in [6.07, 6.45) is -2.14. The first kappa shape index (κ1) is 10.3. The number of aliphatic carboxylic acids is 1. The minimum Gasteiger partial charge on any atom is -0.475 e. The van der Waals surface area contributed by atoms with Crippen molar-refractivity contribution in [2.45, 2.75) is 25.1 Å². The van der Waals surface area contributed by atoms with Crippen molar-refractivity contribution in [2.75, 3.05) is 6.54 Å². The number of carboxylic acid groups (broad SMARTS) is 1. The van der Waals surface area contributed by atoms with Gasteiger partial charge in [-0.25, -0.2) is 4.79 Å². The van der Waals surface area contributed by atoms with Crippen LogP contribution in [0.4, 0.5) is 13.2 Å². The molecular formula is C7H10F3NO2. The van der Waals surface area contributed by atoms with E-state index >= 15 is 0 Å². The van der Waals surface area contributed by atoms with Crippen molar-refractivity contribution in [1.82, 2.24) is 5.32 Å². The van der Waals surface area contributed by atoms with Gasteiger partial charge in [-0.3, -0.25) is 0 Å². The molecule has 3 rings (SSSR count). The van der Waals surface area contributed by atoms with Crippen LogP contribution in [0, 0.1) is 5.92 Å². The molecule has 0 unspecified atom stereocenters. The fourth-order valence-corrected chi connectivity index (χ4v) is 1.40. The fraction of sp³-hybridized carbons (Fsp3) is 0.857. The van der Waals surface area contributed by atoms with Gasteiger partial charge >= 0.3 is 12.1 Å². The Hall–Kier alpha value is -0.780. The molecule has 2 aliphatic heterocycles. The van der Waals surface area contributed by atoms with Crippen LogP contribution in [0.3, 0.4) is 0 Å². The van der Waals surface area contributed by atoms with Crippen molar-refractivity contribution in [3.63, 3.8) is 0 Å². The molecule has 2 heterocycles. The van der Waals surface area contributed by atoms with Crippen LogP contribution in [0.1, 0.15) is 12.8 Å². The molecule has 1 saturated carbocycles. The number of carbonyl (C=O) groups is 1. The van der Waals surface area contributed by atoms with E-state index in [1.807, 2.05) is 0 Å². The Bertz CT molecular complexity index is 185.